The van der Waals surface area contributed by atoms with Gasteiger partial charge in [-0.1, -0.05) is 0 Å². The van der Waals surface area contributed by atoms with Crippen LogP contribution in [0.3, 0.4) is 0 Å². The lowest BCUT2D eigenvalue weighted by molar-refractivity contribution is 0.0780. The summed E-state index contributed by atoms with van der Waals surface area (Å²) in [5.74, 6) is 0.334. The minimum atomic E-state index is -0.805. The second-order valence-electron chi connectivity index (χ2n) is 8.04. The molecule has 3 heterocycles. The number of anilines is 3. The van der Waals surface area contributed by atoms with Crippen molar-refractivity contribution in [2.24, 2.45) is 0 Å². The van der Waals surface area contributed by atoms with Gasteiger partial charge >= 0.3 is 6.09 Å². The molecule has 2 amide bonds. The predicted molar refractivity (Wildman–Crippen MR) is 118 cm³/mol. The third kappa shape index (κ3) is 4.86. The quantitative estimate of drug-likeness (QED) is 0.561. The number of nitrogens with one attached hydrogen (secondary N) is 2. The summed E-state index contributed by atoms with van der Waals surface area (Å²) >= 11 is 0. The Morgan fingerprint density at radius 2 is 1.88 bits per heavy atom. The van der Waals surface area contributed by atoms with E-state index in [9.17, 15) is 9.59 Å². The molecule has 2 fully saturated rings. The molecule has 11 nitrogen and oxygen atoms in total. The molecular weight excluding hydrogens is 424 g/mol. The molecule has 3 aromatic rings. The summed E-state index contributed by atoms with van der Waals surface area (Å²) in [6.07, 6.45) is 10.9. The first-order valence-corrected chi connectivity index (χ1v) is 10.7. The van der Waals surface area contributed by atoms with E-state index in [1.54, 1.807) is 42.7 Å². The zero-order valence-corrected chi connectivity index (χ0v) is 17.9. The molecule has 0 saturated heterocycles. The van der Waals surface area contributed by atoms with Gasteiger partial charge in [-0.25, -0.2) is 29.7 Å². The summed E-state index contributed by atoms with van der Waals surface area (Å²) in [4.78, 5) is 48.2. The number of pyridine rings is 1. The molecule has 0 spiro atoms. The highest BCUT2D eigenvalue weighted by molar-refractivity contribution is 6.01. The number of aromatic nitrogens is 5. The van der Waals surface area contributed by atoms with Gasteiger partial charge < -0.3 is 15.0 Å². The Morgan fingerprint density at radius 3 is 2.61 bits per heavy atom. The monoisotopic (exact) mass is 446 g/mol. The van der Waals surface area contributed by atoms with Crippen molar-refractivity contribution >= 4 is 29.2 Å². The lowest BCUT2D eigenvalue weighted by Gasteiger charge is -2.17. The maximum absolute atomic E-state index is 12.8. The summed E-state index contributed by atoms with van der Waals surface area (Å²) in [7, 11) is 1.74. The van der Waals surface area contributed by atoms with Gasteiger partial charge in [0.2, 0.25) is 0 Å². The number of amides is 2. The van der Waals surface area contributed by atoms with Gasteiger partial charge in [-0.05, 0) is 37.8 Å². The maximum Gasteiger partial charge on any atom is 0.418 e. The first-order valence-electron chi connectivity index (χ1n) is 10.7. The summed E-state index contributed by atoms with van der Waals surface area (Å²) in [5, 5.41) is 5.63. The Labute approximate surface area is 189 Å². The summed E-state index contributed by atoms with van der Waals surface area (Å²) < 4.78 is 5.52. The molecule has 168 valence electrons. The summed E-state index contributed by atoms with van der Waals surface area (Å²) in [6, 6.07) is 3.46. The Balaban J connectivity index is 1.35. The highest BCUT2D eigenvalue weighted by Gasteiger charge is 2.32. The van der Waals surface area contributed by atoms with E-state index in [1.165, 1.54) is 12.5 Å². The normalized spacial score (nSPS) is 14.9. The van der Waals surface area contributed by atoms with Gasteiger partial charge in [0.05, 0.1) is 35.7 Å². The van der Waals surface area contributed by atoms with Gasteiger partial charge in [-0.3, -0.25) is 10.1 Å². The van der Waals surface area contributed by atoms with Crippen LogP contribution >= 0.6 is 0 Å². The highest BCUT2D eigenvalue weighted by atomic mass is 16.6. The molecule has 2 aliphatic rings. The third-order valence-corrected chi connectivity index (χ3v) is 5.43. The van der Waals surface area contributed by atoms with Crippen LogP contribution in [0.4, 0.5) is 22.0 Å². The number of ether oxygens (including phenoxy) is 1. The van der Waals surface area contributed by atoms with Crippen molar-refractivity contribution in [1.29, 1.82) is 0 Å². The Morgan fingerprint density at radius 1 is 1.09 bits per heavy atom. The van der Waals surface area contributed by atoms with Crippen LogP contribution in [0.5, 0.6) is 5.88 Å². The SMILES string of the molecule is CN(C(=O)c1ncccc1NC(=O)Oc1nc(C2CC2)cnc1Nc1cncnc1)C1CC1. The van der Waals surface area contributed by atoms with Gasteiger partial charge in [0, 0.05) is 25.2 Å². The molecule has 0 aromatic carbocycles. The van der Waals surface area contributed by atoms with Crippen molar-refractivity contribution in [2.75, 3.05) is 17.7 Å². The van der Waals surface area contributed by atoms with Crippen molar-refractivity contribution in [3.05, 3.63) is 54.6 Å². The summed E-state index contributed by atoms with van der Waals surface area (Å²) in [5.41, 5.74) is 1.74. The van der Waals surface area contributed by atoms with Crippen LogP contribution in [0.25, 0.3) is 0 Å². The largest absolute Gasteiger partial charge is 0.418 e. The van der Waals surface area contributed by atoms with Crippen LogP contribution in [-0.2, 0) is 0 Å². The molecular formula is C22H22N8O3. The number of nitrogens with zero attached hydrogens (tertiary/aromatic N) is 6. The van der Waals surface area contributed by atoms with Gasteiger partial charge in [-0.2, -0.15) is 0 Å². The van der Waals surface area contributed by atoms with Gasteiger partial charge in [0.1, 0.15) is 6.33 Å². The molecule has 11 heteroatoms. The maximum atomic E-state index is 12.8. The average molecular weight is 446 g/mol. The fourth-order valence-corrected chi connectivity index (χ4v) is 3.31. The highest BCUT2D eigenvalue weighted by Crippen LogP contribution is 2.40. The third-order valence-electron chi connectivity index (χ3n) is 5.43. The average Bonchev–Trinajstić information content (AvgIpc) is 3.73. The summed E-state index contributed by atoms with van der Waals surface area (Å²) in [6.45, 7) is 0. The molecule has 0 atom stereocenters. The zero-order chi connectivity index (χ0) is 22.8. The Kier molecular flexibility index (Phi) is 5.51. The standard InChI is InChI=1S/C22H22N8O3/c1-30(15-6-7-15)21(31)18-16(3-2-8-25-18)29-22(32)33-20-19(27-14-9-23-12-24-10-14)26-11-17(28-20)13-4-5-13/h2-3,8-13,15H,4-7H2,1H3,(H,26,27)(H,29,32). The van der Waals surface area contributed by atoms with E-state index in [4.69, 9.17) is 4.74 Å². The molecule has 0 aliphatic heterocycles. The Bertz CT molecular complexity index is 1180. The number of rotatable bonds is 7. The molecule has 5 rings (SSSR count). The molecule has 3 aromatic heterocycles. The van der Waals surface area contributed by atoms with E-state index in [2.05, 4.69) is 35.6 Å². The zero-order valence-electron chi connectivity index (χ0n) is 17.9. The van der Waals surface area contributed by atoms with Gasteiger partial charge in [-0.15, -0.1) is 0 Å². The van der Waals surface area contributed by atoms with Crippen LogP contribution in [-0.4, -0.2) is 54.9 Å². The predicted octanol–water partition coefficient (Wildman–Crippen LogP) is 3.13. The second kappa shape index (κ2) is 8.77. The molecule has 33 heavy (non-hydrogen) atoms. The van der Waals surface area contributed by atoms with Crippen molar-refractivity contribution in [3.63, 3.8) is 0 Å². The second-order valence-corrected chi connectivity index (χ2v) is 8.04. The van der Waals surface area contributed by atoms with Crippen LogP contribution in [0.15, 0.2) is 43.2 Å². The Hall–Kier alpha value is -4.15. The lowest BCUT2D eigenvalue weighted by atomic mass is 10.2. The fourth-order valence-electron chi connectivity index (χ4n) is 3.31. The van der Waals surface area contributed by atoms with Crippen molar-refractivity contribution in [1.82, 2.24) is 29.8 Å². The van der Waals surface area contributed by atoms with Crippen LogP contribution < -0.4 is 15.4 Å². The van der Waals surface area contributed by atoms with E-state index >= 15 is 0 Å². The number of hydrogen-bond acceptors (Lipinski definition) is 9. The van der Waals surface area contributed by atoms with Crippen molar-refractivity contribution in [3.8, 4) is 5.88 Å². The molecule has 0 unspecified atom stereocenters. The van der Waals surface area contributed by atoms with Crippen LogP contribution in [0.2, 0.25) is 0 Å². The van der Waals surface area contributed by atoms with E-state index in [0.717, 1.165) is 31.4 Å². The lowest BCUT2D eigenvalue weighted by Crippen LogP contribution is -2.31. The minimum Gasteiger partial charge on any atom is -0.387 e. The topological polar surface area (TPSA) is 135 Å². The molecule has 2 N–H and O–H groups in total. The van der Waals surface area contributed by atoms with E-state index < -0.39 is 6.09 Å². The molecule has 2 aliphatic carbocycles. The molecule has 0 radical (unpaired) electrons. The molecule has 0 bridgehead atoms. The number of hydrogen-bond donors (Lipinski definition) is 2. The van der Waals surface area contributed by atoms with E-state index in [-0.39, 0.29) is 35.0 Å². The minimum absolute atomic E-state index is 0.0209. The van der Waals surface area contributed by atoms with E-state index in [0.29, 0.717) is 11.6 Å². The molecule has 2 saturated carbocycles. The van der Waals surface area contributed by atoms with E-state index in [1.807, 2.05) is 0 Å². The van der Waals surface area contributed by atoms with Gasteiger partial charge in [0.15, 0.2) is 11.5 Å². The number of carbonyl (C=O) groups excluding carboxylic acids is 2. The van der Waals surface area contributed by atoms with Crippen molar-refractivity contribution in [2.45, 2.75) is 37.6 Å². The smallest absolute Gasteiger partial charge is 0.387 e. The van der Waals surface area contributed by atoms with Crippen LogP contribution in [0.1, 0.15) is 47.8 Å². The van der Waals surface area contributed by atoms with Gasteiger partial charge in [0.25, 0.3) is 11.8 Å². The first-order chi connectivity index (χ1) is 16.1. The number of carbonyl (C=O) groups is 2. The van der Waals surface area contributed by atoms with Crippen LogP contribution in [0, 0.1) is 0 Å². The fraction of sp³-hybridized carbons (Fsp3) is 0.318. The first kappa shape index (κ1) is 20.7. The van der Waals surface area contributed by atoms with Crippen molar-refractivity contribution < 1.29 is 14.3 Å².